The third-order valence-corrected chi connectivity index (χ3v) is 5.94. The number of Topliss-reactive ketones (excluding diaryl/α,β-unsaturated/α-hetero) is 1. The minimum Gasteiger partial charge on any atom is -0.462 e. The molecule has 1 aromatic heterocycles. The van der Waals surface area contributed by atoms with Gasteiger partial charge in [-0.15, -0.1) is 0 Å². The molecule has 4 unspecified atom stereocenters. The number of ether oxygens (including phenoxy) is 3. The van der Waals surface area contributed by atoms with E-state index in [1.54, 1.807) is 18.2 Å². The van der Waals surface area contributed by atoms with Crippen LogP contribution in [-0.4, -0.2) is 84.4 Å². The van der Waals surface area contributed by atoms with Crippen molar-refractivity contribution in [1.29, 1.82) is 0 Å². The second kappa shape index (κ2) is 19.5. The molecule has 12 heteroatoms. The Kier molecular flexibility index (Phi) is 16.8. The van der Waals surface area contributed by atoms with E-state index in [9.17, 15) is 19.5 Å². The van der Waals surface area contributed by atoms with Gasteiger partial charge in [0.2, 0.25) is 5.91 Å². The van der Waals surface area contributed by atoms with Gasteiger partial charge in [0.1, 0.15) is 35.5 Å². The lowest BCUT2D eigenvalue weighted by atomic mass is 9.91. The number of nitrogens with zero attached hydrogens (tertiary/aromatic N) is 3. The number of carbonyl (C=O) groups excluding carboxylic acids is 3. The van der Waals surface area contributed by atoms with Crippen LogP contribution in [0.5, 0.6) is 0 Å². The number of hydrogen-bond donors (Lipinski definition) is 2. The van der Waals surface area contributed by atoms with Gasteiger partial charge in [0.05, 0.1) is 32.0 Å². The summed E-state index contributed by atoms with van der Waals surface area (Å²) >= 11 is 0. The lowest BCUT2D eigenvalue weighted by molar-refractivity contribution is -0.153. The number of nitrogens with two attached hydrogens (primary N) is 1. The molecule has 0 spiro atoms. The van der Waals surface area contributed by atoms with Crippen molar-refractivity contribution in [3.63, 3.8) is 0 Å². The Labute approximate surface area is 248 Å². The van der Waals surface area contributed by atoms with Crippen LogP contribution in [-0.2, 0) is 33.4 Å². The molecule has 0 saturated carbocycles. The highest BCUT2D eigenvalue weighted by Crippen LogP contribution is 2.16. The summed E-state index contributed by atoms with van der Waals surface area (Å²) in [5, 5.41) is 13.4. The average Bonchev–Trinajstić information content (AvgIpc) is 2.93. The zero-order chi connectivity index (χ0) is 31.7. The zero-order valence-corrected chi connectivity index (χ0v) is 25.6. The number of carbonyl (C=O) groups is 3. The van der Waals surface area contributed by atoms with E-state index < -0.39 is 18.0 Å². The summed E-state index contributed by atoms with van der Waals surface area (Å²) in [6.07, 6.45) is -1.14. The minimum atomic E-state index is -0.977. The molecule has 0 aliphatic rings. The van der Waals surface area contributed by atoms with E-state index in [0.717, 1.165) is 5.71 Å². The normalized spacial score (nSPS) is 14.8. The first-order chi connectivity index (χ1) is 19.8. The van der Waals surface area contributed by atoms with Crippen molar-refractivity contribution in [1.82, 2.24) is 4.98 Å². The number of aliphatic hydroxyl groups excluding tert-OH is 1. The maximum atomic E-state index is 12.4. The fourth-order valence-electron chi connectivity index (χ4n) is 3.49. The first-order valence-corrected chi connectivity index (χ1v) is 13.9. The number of amides is 1. The summed E-state index contributed by atoms with van der Waals surface area (Å²) in [6.45, 7) is 12.0. The number of pyridine rings is 1. The molecule has 0 saturated heterocycles. The van der Waals surface area contributed by atoms with Gasteiger partial charge in [0.25, 0.3) is 0 Å². The van der Waals surface area contributed by atoms with Crippen LogP contribution in [0.3, 0.4) is 0 Å². The number of aliphatic hydroxyl groups is 1. The average molecular weight is 589 g/mol. The van der Waals surface area contributed by atoms with Crippen LogP contribution < -0.4 is 5.73 Å². The highest BCUT2D eigenvalue weighted by molar-refractivity contribution is 5.98. The highest BCUT2D eigenvalue weighted by atomic mass is 16.6. The molecule has 0 radical (unpaired) electrons. The van der Waals surface area contributed by atoms with Crippen LogP contribution in [0.25, 0.3) is 0 Å². The van der Waals surface area contributed by atoms with Crippen molar-refractivity contribution in [2.75, 3.05) is 38.8 Å². The Bertz CT molecular complexity index is 1150. The molecule has 0 aliphatic heterocycles. The van der Waals surface area contributed by atoms with Crippen LogP contribution in [0.4, 0.5) is 5.82 Å². The Morgan fingerprint density at radius 2 is 1.81 bits per heavy atom. The first kappa shape index (κ1) is 36.4. The van der Waals surface area contributed by atoms with Crippen molar-refractivity contribution in [2.24, 2.45) is 27.9 Å². The van der Waals surface area contributed by atoms with E-state index in [1.165, 1.54) is 20.8 Å². The number of hydrogen-bond acceptors (Lipinski definition) is 11. The molecule has 4 atom stereocenters. The van der Waals surface area contributed by atoms with Crippen molar-refractivity contribution < 1.29 is 38.5 Å². The molecule has 0 aromatic carbocycles. The summed E-state index contributed by atoms with van der Waals surface area (Å²) in [4.78, 5) is 49.5. The molecule has 0 aliphatic carbocycles. The topological polar surface area (TPSA) is 172 Å². The largest absolute Gasteiger partial charge is 0.462 e. The minimum absolute atomic E-state index is 0.00197. The summed E-state index contributed by atoms with van der Waals surface area (Å²) in [5.74, 6) is 3.63. The number of ketones is 1. The van der Waals surface area contributed by atoms with Gasteiger partial charge >= 0.3 is 5.97 Å². The Morgan fingerprint density at radius 3 is 2.43 bits per heavy atom. The smallest absolute Gasteiger partial charge is 0.316 e. The molecule has 0 fully saturated rings. The van der Waals surface area contributed by atoms with Gasteiger partial charge in [-0.3, -0.25) is 14.4 Å². The van der Waals surface area contributed by atoms with Gasteiger partial charge in [-0.05, 0) is 44.7 Å². The quantitative estimate of drug-likeness (QED) is 0.0688. The standard InChI is InChI=1S/C30H44N4O8/c1-19(2)29(32-24(7)36)21(4)23(6)40-18-26(34-42-14-9-11-25-10-8-12-28(31)33-25)17-39-15-13-27(37)22(5)30(38)41-16-20(3)35/h8,10,12,19-23,35H,13-18H2,1-7H3,(H2,31,33)/b32-29?,34-26-. The van der Waals surface area contributed by atoms with Gasteiger partial charge < -0.3 is 29.9 Å². The lowest BCUT2D eigenvalue weighted by Crippen LogP contribution is -2.32. The van der Waals surface area contributed by atoms with Crippen molar-refractivity contribution in [2.45, 2.75) is 67.1 Å². The number of rotatable bonds is 17. The van der Waals surface area contributed by atoms with Gasteiger partial charge in [-0.25, -0.2) is 9.98 Å². The van der Waals surface area contributed by atoms with Crippen molar-refractivity contribution >= 4 is 34.9 Å². The molecule has 0 bridgehead atoms. The predicted octanol–water partition coefficient (Wildman–Crippen LogP) is 2.61. The fourth-order valence-corrected chi connectivity index (χ4v) is 3.49. The van der Waals surface area contributed by atoms with Gasteiger partial charge in [0, 0.05) is 25.0 Å². The summed E-state index contributed by atoms with van der Waals surface area (Å²) < 4.78 is 16.6. The third-order valence-electron chi connectivity index (χ3n) is 5.94. The van der Waals surface area contributed by atoms with Gasteiger partial charge in [0.15, 0.2) is 6.61 Å². The maximum absolute atomic E-state index is 12.4. The lowest BCUT2D eigenvalue weighted by Gasteiger charge is -2.24. The Hall–Kier alpha value is -3.66. The summed E-state index contributed by atoms with van der Waals surface area (Å²) in [7, 11) is 0. The molecule has 12 nitrogen and oxygen atoms in total. The van der Waals surface area contributed by atoms with E-state index >= 15 is 0 Å². The number of esters is 1. The van der Waals surface area contributed by atoms with Gasteiger partial charge in [-0.2, -0.15) is 0 Å². The molecule has 1 aromatic rings. The number of aromatic nitrogens is 1. The second-order valence-corrected chi connectivity index (χ2v) is 10.2. The van der Waals surface area contributed by atoms with Crippen molar-refractivity contribution in [3.05, 3.63) is 23.9 Å². The van der Waals surface area contributed by atoms with Crippen LogP contribution in [0.1, 0.15) is 60.6 Å². The first-order valence-electron chi connectivity index (χ1n) is 13.9. The van der Waals surface area contributed by atoms with Crippen LogP contribution >= 0.6 is 0 Å². The summed E-state index contributed by atoms with van der Waals surface area (Å²) in [5.41, 5.74) is 7.31. The number of oxime groups is 1. The molecule has 42 heavy (non-hydrogen) atoms. The van der Waals surface area contributed by atoms with E-state index in [4.69, 9.17) is 24.8 Å². The molecule has 1 heterocycles. The van der Waals surface area contributed by atoms with Crippen molar-refractivity contribution in [3.8, 4) is 11.8 Å². The molecule has 1 amide bonds. The maximum Gasteiger partial charge on any atom is 0.316 e. The molecule has 3 N–H and O–H groups in total. The van der Waals surface area contributed by atoms with E-state index in [0.29, 0.717) is 17.2 Å². The van der Waals surface area contributed by atoms with Gasteiger partial charge in [-0.1, -0.05) is 37.9 Å². The second-order valence-electron chi connectivity index (χ2n) is 10.2. The molecular formula is C30H44N4O8. The Balaban J connectivity index is 2.79. The highest BCUT2D eigenvalue weighted by Gasteiger charge is 2.24. The predicted molar refractivity (Wildman–Crippen MR) is 159 cm³/mol. The van der Waals surface area contributed by atoms with E-state index in [-0.39, 0.29) is 69.1 Å². The third kappa shape index (κ3) is 14.8. The van der Waals surface area contributed by atoms with E-state index in [1.807, 2.05) is 27.7 Å². The van der Waals surface area contributed by atoms with Crippen LogP contribution in [0.2, 0.25) is 0 Å². The molecule has 232 valence electrons. The van der Waals surface area contributed by atoms with Crippen LogP contribution in [0, 0.1) is 29.6 Å². The monoisotopic (exact) mass is 588 g/mol. The fraction of sp³-hybridized carbons (Fsp3) is 0.600. The Morgan fingerprint density at radius 1 is 1.10 bits per heavy atom. The summed E-state index contributed by atoms with van der Waals surface area (Å²) in [6, 6.07) is 5.13. The van der Waals surface area contributed by atoms with E-state index in [2.05, 4.69) is 27.0 Å². The number of aliphatic imine (C=N–C) groups is 1. The number of anilines is 1. The zero-order valence-electron chi connectivity index (χ0n) is 25.6. The molecule has 1 rings (SSSR count). The molecular weight excluding hydrogens is 544 g/mol. The van der Waals surface area contributed by atoms with Crippen LogP contribution in [0.15, 0.2) is 28.3 Å². The number of nitrogen functional groups attached to an aromatic ring is 1. The SMILES string of the molecule is CC(=O)N=C(C(C)C)C(C)C(C)OC/C(COCCC(=O)C(C)C(=O)OCC(C)O)=N\OCC#Cc1cccc(N)n1.